The van der Waals surface area contributed by atoms with Crippen molar-refractivity contribution in [1.82, 2.24) is 5.32 Å². The summed E-state index contributed by atoms with van der Waals surface area (Å²) in [4.78, 5) is 0. The quantitative estimate of drug-likeness (QED) is 0.910. The van der Waals surface area contributed by atoms with Crippen molar-refractivity contribution in [3.05, 3.63) is 29.3 Å². The summed E-state index contributed by atoms with van der Waals surface area (Å²) in [6.07, 6.45) is -2.19. The Hall–Kier alpha value is -0.940. The molecule has 6 heteroatoms. The first-order valence-electron chi connectivity index (χ1n) is 6.59. The van der Waals surface area contributed by atoms with Crippen LogP contribution in [0.3, 0.4) is 0 Å². The van der Waals surface area contributed by atoms with Gasteiger partial charge in [0, 0.05) is 0 Å². The average Bonchev–Trinajstić information content (AvgIpc) is 2.38. The van der Waals surface area contributed by atoms with Gasteiger partial charge >= 0.3 is 6.36 Å². The smallest absolute Gasteiger partial charge is 0.405 e. The highest BCUT2D eigenvalue weighted by Gasteiger charge is 2.32. The highest BCUT2D eigenvalue weighted by molar-refractivity contribution is 5.85. The van der Waals surface area contributed by atoms with E-state index < -0.39 is 6.36 Å². The number of hydrogen-bond acceptors (Lipinski definition) is 2. The van der Waals surface area contributed by atoms with Gasteiger partial charge in [0.25, 0.3) is 0 Å². The molecule has 2 rings (SSSR count). The molecule has 114 valence electrons. The van der Waals surface area contributed by atoms with E-state index in [1.165, 1.54) is 0 Å². The van der Waals surface area contributed by atoms with E-state index in [1.807, 2.05) is 13.0 Å². The van der Waals surface area contributed by atoms with Gasteiger partial charge in [-0.05, 0) is 55.5 Å². The third-order valence-electron chi connectivity index (χ3n) is 3.51. The van der Waals surface area contributed by atoms with Crippen LogP contribution < -0.4 is 10.1 Å². The molecule has 1 fully saturated rings. The lowest BCUT2D eigenvalue weighted by molar-refractivity contribution is -0.274. The van der Waals surface area contributed by atoms with Crippen molar-refractivity contribution in [2.24, 2.45) is 0 Å². The summed E-state index contributed by atoms with van der Waals surface area (Å²) in [5, 5.41) is 3.25. The van der Waals surface area contributed by atoms with E-state index in [4.69, 9.17) is 0 Å². The first-order chi connectivity index (χ1) is 8.99. The predicted octanol–water partition coefficient (Wildman–Crippen LogP) is 4.04. The second kappa shape index (κ2) is 7.18. The van der Waals surface area contributed by atoms with Crippen LogP contribution in [0.25, 0.3) is 0 Å². The number of hydrogen-bond donors (Lipinski definition) is 1. The number of nitrogens with one attached hydrogen (secondary N) is 1. The zero-order valence-corrected chi connectivity index (χ0v) is 12.1. The largest absolute Gasteiger partial charge is 0.573 e. The molecular weight excluding hydrogens is 291 g/mol. The normalized spacial score (nSPS) is 16.6. The summed E-state index contributed by atoms with van der Waals surface area (Å²) in [5.74, 6) is 0.272. The van der Waals surface area contributed by atoms with E-state index in [-0.39, 0.29) is 18.2 Å². The van der Waals surface area contributed by atoms with E-state index in [1.54, 1.807) is 12.1 Å². The number of aryl methyl sites for hydroxylation is 1. The van der Waals surface area contributed by atoms with Gasteiger partial charge in [-0.25, -0.2) is 0 Å². The molecule has 1 aliphatic heterocycles. The summed E-state index contributed by atoms with van der Waals surface area (Å²) in [6, 6.07) is 5.23. The molecule has 1 N–H and O–H groups in total. The number of ether oxygens (including phenoxy) is 1. The fourth-order valence-corrected chi connectivity index (χ4v) is 2.49. The second-order valence-electron chi connectivity index (χ2n) is 4.79. The van der Waals surface area contributed by atoms with Crippen LogP contribution in [0.15, 0.2) is 18.2 Å². The topological polar surface area (TPSA) is 21.3 Å². The summed E-state index contributed by atoms with van der Waals surface area (Å²) < 4.78 is 41.3. The van der Waals surface area contributed by atoms with Crippen molar-refractivity contribution in [3.63, 3.8) is 0 Å². The Kier molecular flexibility index (Phi) is 6.14. The molecule has 0 atom stereocenters. The highest BCUT2D eigenvalue weighted by Crippen LogP contribution is 2.33. The molecule has 0 unspecified atom stereocenters. The number of benzene rings is 1. The number of halogens is 4. The minimum Gasteiger partial charge on any atom is -0.405 e. The van der Waals surface area contributed by atoms with Crippen molar-refractivity contribution < 1.29 is 17.9 Å². The Labute approximate surface area is 123 Å². The molecule has 2 nitrogen and oxygen atoms in total. The molecular formula is C14H19ClF3NO. The minimum atomic E-state index is -4.63. The maximum Gasteiger partial charge on any atom is 0.573 e. The van der Waals surface area contributed by atoms with Gasteiger partial charge in [0.05, 0.1) is 0 Å². The van der Waals surface area contributed by atoms with Crippen molar-refractivity contribution >= 4 is 12.4 Å². The lowest BCUT2D eigenvalue weighted by Gasteiger charge is -2.24. The van der Waals surface area contributed by atoms with Gasteiger partial charge in [-0.1, -0.05) is 19.1 Å². The molecule has 0 aromatic heterocycles. The standard InChI is InChI=1S/C14H18F3NO.ClH/c1-2-10-3-4-12(11-5-7-18-8-6-11)9-13(10)19-14(15,16)17;/h3-4,9,11,18H,2,5-8H2,1H3;1H. The fourth-order valence-electron chi connectivity index (χ4n) is 2.49. The van der Waals surface area contributed by atoms with Crippen LogP contribution in [0.4, 0.5) is 13.2 Å². The molecule has 0 spiro atoms. The van der Waals surface area contributed by atoms with Crippen LogP contribution >= 0.6 is 12.4 Å². The van der Waals surface area contributed by atoms with Gasteiger partial charge in [-0.2, -0.15) is 0 Å². The number of alkyl halides is 3. The zero-order chi connectivity index (χ0) is 13.9. The van der Waals surface area contributed by atoms with E-state index in [0.29, 0.717) is 17.9 Å². The highest BCUT2D eigenvalue weighted by atomic mass is 35.5. The lowest BCUT2D eigenvalue weighted by atomic mass is 9.89. The summed E-state index contributed by atoms with van der Waals surface area (Å²) in [5.41, 5.74) is 1.54. The van der Waals surface area contributed by atoms with Crippen LogP contribution in [-0.4, -0.2) is 19.5 Å². The number of piperidine rings is 1. The monoisotopic (exact) mass is 309 g/mol. The maximum atomic E-state index is 12.4. The van der Waals surface area contributed by atoms with Crippen LogP contribution in [0.2, 0.25) is 0 Å². The Morgan fingerprint density at radius 2 is 1.90 bits per heavy atom. The first kappa shape index (κ1) is 17.1. The van der Waals surface area contributed by atoms with Crippen molar-refractivity contribution in [2.75, 3.05) is 13.1 Å². The Morgan fingerprint density at radius 3 is 2.45 bits per heavy atom. The molecule has 0 bridgehead atoms. The molecule has 0 amide bonds. The average molecular weight is 310 g/mol. The van der Waals surface area contributed by atoms with Gasteiger partial charge in [-0.3, -0.25) is 0 Å². The molecule has 0 saturated carbocycles. The van der Waals surface area contributed by atoms with E-state index in [0.717, 1.165) is 31.5 Å². The van der Waals surface area contributed by atoms with Gasteiger partial charge in [0.2, 0.25) is 0 Å². The third kappa shape index (κ3) is 4.56. The van der Waals surface area contributed by atoms with Crippen LogP contribution in [-0.2, 0) is 6.42 Å². The lowest BCUT2D eigenvalue weighted by Crippen LogP contribution is -2.26. The molecule has 0 radical (unpaired) electrons. The van der Waals surface area contributed by atoms with Gasteiger partial charge in [0.1, 0.15) is 5.75 Å². The minimum absolute atomic E-state index is 0. The SMILES string of the molecule is CCc1ccc(C2CCNCC2)cc1OC(F)(F)F.Cl. The molecule has 1 aromatic rings. The zero-order valence-electron chi connectivity index (χ0n) is 11.3. The Morgan fingerprint density at radius 1 is 1.25 bits per heavy atom. The molecule has 1 aliphatic rings. The molecule has 20 heavy (non-hydrogen) atoms. The Bertz CT molecular complexity index is 431. The van der Waals surface area contributed by atoms with Crippen molar-refractivity contribution in [1.29, 1.82) is 0 Å². The van der Waals surface area contributed by atoms with Crippen LogP contribution in [0, 0.1) is 0 Å². The van der Waals surface area contributed by atoms with Gasteiger partial charge < -0.3 is 10.1 Å². The molecule has 0 aliphatic carbocycles. The van der Waals surface area contributed by atoms with Crippen molar-refractivity contribution in [3.8, 4) is 5.75 Å². The summed E-state index contributed by atoms with van der Waals surface area (Å²) in [6.45, 7) is 3.65. The first-order valence-corrected chi connectivity index (χ1v) is 6.59. The summed E-state index contributed by atoms with van der Waals surface area (Å²) >= 11 is 0. The fraction of sp³-hybridized carbons (Fsp3) is 0.571. The third-order valence-corrected chi connectivity index (χ3v) is 3.51. The van der Waals surface area contributed by atoms with Crippen LogP contribution in [0.5, 0.6) is 5.75 Å². The Balaban J connectivity index is 0.00000200. The maximum absolute atomic E-state index is 12.4. The van der Waals surface area contributed by atoms with Crippen molar-refractivity contribution in [2.45, 2.75) is 38.5 Å². The number of rotatable bonds is 3. The van der Waals surface area contributed by atoms with E-state index >= 15 is 0 Å². The summed E-state index contributed by atoms with van der Waals surface area (Å²) in [7, 11) is 0. The van der Waals surface area contributed by atoms with Gasteiger partial charge in [0.15, 0.2) is 0 Å². The molecule has 1 saturated heterocycles. The van der Waals surface area contributed by atoms with Gasteiger partial charge in [-0.15, -0.1) is 25.6 Å². The molecule has 1 aromatic carbocycles. The van der Waals surface area contributed by atoms with Crippen LogP contribution in [0.1, 0.15) is 36.8 Å². The van der Waals surface area contributed by atoms with E-state index in [2.05, 4.69) is 10.1 Å². The second-order valence-corrected chi connectivity index (χ2v) is 4.79. The molecule has 1 heterocycles. The predicted molar refractivity (Wildman–Crippen MR) is 74.6 cm³/mol. The van der Waals surface area contributed by atoms with E-state index in [9.17, 15) is 13.2 Å².